The number of nitrogens with one attached hydrogen (secondary N) is 1. The van der Waals surface area contributed by atoms with E-state index < -0.39 is 16.8 Å². The molecule has 1 atom stereocenters. The van der Waals surface area contributed by atoms with Crippen LogP contribution in [0.4, 0.5) is 11.4 Å². The topological polar surface area (TPSA) is 98.5 Å². The molecule has 0 bridgehead atoms. The van der Waals surface area contributed by atoms with Gasteiger partial charge in [0.15, 0.2) is 0 Å². The third kappa shape index (κ3) is 4.24. The molecular weight excluding hydrogens is 336 g/mol. The number of anilines is 1. The fourth-order valence-electron chi connectivity index (χ4n) is 2.54. The standard InChI is InChI=1S/C19H20N2O5/c1-4-12(2)16-7-5-6-8-17(16)20-18(22)13-9-14(19(23)26-3)11-15(10-13)21(24)25/h5-12H,4H2,1-3H3,(H,20,22)/t12-/m1/s1. The number of nitro benzene ring substituents is 1. The number of hydrogen-bond acceptors (Lipinski definition) is 5. The van der Waals surface area contributed by atoms with Crippen molar-refractivity contribution in [2.45, 2.75) is 26.2 Å². The third-order valence-corrected chi connectivity index (χ3v) is 4.16. The molecule has 0 saturated heterocycles. The Labute approximate surface area is 151 Å². The minimum absolute atomic E-state index is 0.0126. The molecular formula is C19H20N2O5. The van der Waals surface area contributed by atoms with Crippen LogP contribution >= 0.6 is 0 Å². The van der Waals surface area contributed by atoms with Crippen LogP contribution in [0.3, 0.4) is 0 Å². The highest BCUT2D eigenvalue weighted by atomic mass is 16.6. The molecule has 0 unspecified atom stereocenters. The highest BCUT2D eigenvalue weighted by Gasteiger charge is 2.19. The Hall–Kier alpha value is -3.22. The Kier molecular flexibility index (Phi) is 6.06. The van der Waals surface area contributed by atoms with Crippen LogP contribution in [-0.4, -0.2) is 23.9 Å². The molecule has 0 saturated carbocycles. The average molecular weight is 356 g/mol. The summed E-state index contributed by atoms with van der Waals surface area (Å²) in [7, 11) is 1.17. The van der Waals surface area contributed by atoms with Gasteiger partial charge in [0.1, 0.15) is 0 Å². The van der Waals surface area contributed by atoms with Crippen molar-refractivity contribution in [3.05, 3.63) is 69.3 Å². The van der Waals surface area contributed by atoms with Gasteiger partial charge < -0.3 is 10.1 Å². The van der Waals surface area contributed by atoms with E-state index >= 15 is 0 Å². The van der Waals surface area contributed by atoms with E-state index in [1.54, 1.807) is 12.1 Å². The van der Waals surface area contributed by atoms with Gasteiger partial charge in [-0.3, -0.25) is 14.9 Å². The summed E-state index contributed by atoms with van der Waals surface area (Å²) in [6.45, 7) is 4.10. The van der Waals surface area contributed by atoms with Crippen molar-refractivity contribution in [2.24, 2.45) is 0 Å². The number of nitro groups is 1. The lowest BCUT2D eigenvalue weighted by Gasteiger charge is -2.15. The van der Waals surface area contributed by atoms with E-state index in [1.807, 2.05) is 26.0 Å². The molecule has 7 nitrogen and oxygen atoms in total. The van der Waals surface area contributed by atoms with E-state index in [0.29, 0.717) is 5.69 Å². The van der Waals surface area contributed by atoms with Crippen LogP contribution in [0.25, 0.3) is 0 Å². The summed E-state index contributed by atoms with van der Waals surface area (Å²) in [6.07, 6.45) is 0.899. The maximum atomic E-state index is 12.6. The van der Waals surface area contributed by atoms with Crippen LogP contribution in [0.5, 0.6) is 0 Å². The molecule has 0 spiro atoms. The maximum Gasteiger partial charge on any atom is 0.338 e. The lowest BCUT2D eigenvalue weighted by atomic mass is 9.96. The van der Waals surface area contributed by atoms with E-state index in [-0.39, 0.29) is 22.7 Å². The molecule has 2 aromatic carbocycles. The third-order valence-electron chi connectivity index (χ3n) is 4.16. The van der Waals surface area contributed by atoms with Gasteiger partial charge in [0.25, 0.3) is 11.6 Å². The Bertz CT molecular complexity index is 848. The normalized spacial score (nSPS) is 11.5. The lowest BCUT2D eigenvalue weighted by molar-refractivity contribution is -0.384. The number of rotatable bonds is 6. The first-order valence-electron chi connectivity index (χ1n) is 8.15. The van der Waals surface area contributed by atoms with E-state index in [0.717, 1.165) is 24.1 Å². The summed E-state index contributed by atoms with van der Waals surface area (Å²) < 4.78 is 4.60. The van der Waals surface area contributed by atoms with Crippen molar-refractivity contribution in [1.29, 1.82) is 0 Å². The van der Waals surface area contributed by atoms with Crippen molar-refractivity contribution in [2.75, 3.05) is 12.4 Å². The molecule has 0 aliphatic rings. The van der Waals surface area contributed by atoms with Crippen LogP contribution < -0.4 is 5.32 Å². The Balaban J connectivity index is 2.40. The molecule has 136 valence electrons. The van der Waals surface area contributed by atoms with Gasteiger partial charge in [-0.1, -0.05) is 32.0 Å². The molecule has 1 amide bonds. The number of esters is 1. The molecule has 0 heterocycles. The Morgan fingerprint density at radius 3 is 2.46 bits per heavy atom. The fourth-order valence-corrected chi connectivity index (χ4v) is 2.54. The molecule has 7 heteroatoms. The van der Waals surface area contributed by atoms with Gasteiger partial charge in [0.05, 0.1) is 17.6 Å². The van der Waals surface area contributed by atoms with Crippen LogP contribution in [0.15, 0.2) is 42.5 Å². The molecule has 2 aromatic rings. The summed E-state index contributed by atoms with van der Waals surface area (Å²) in [6, 6.07) is 10.9. The number of ether oxygens (including phenoxy) is 1. The number of methoxy groups -OCH3 is 1. The summed E-state index contributed by atoms with van der Waals surface area (Å²) in [5.74, 6) is -1.04. The Morgan fingerprint density at radius 2 is 1.85 bits per heavy atom. The van der Waals surface area contributed by atoms with Gasteiger partial charge in [-0.15, -0.1) is 0 Å². The number of carbonyl (C=O) groups is 2. The fraction of sp³-hybridized carbons (Fsp3) is 0.263. The zero-order valence-electron chi connectivity index (χ0n) is 14.8. The molecule has 0 aliphatic carbocycles. The number of para-hydroxylation sites is 1. The van der Waals surface area contributed by atoms with Gasteiger partial charge in [-0.2, -0.15) is 0 Å². The molecule has 26 heavy (non-hydrogen) atoms. The van der Waals surface area contributed by atoms with Crippen molar-refractivity contribution in [1.82, 2.24) is 0 Å². The zero-order chi connectivity index (χ0) is 19.3. The summed E-state index contributed by atoms with van der Waals surface area (Å²) in [5, 5.41) is 13.9. The van der Waals surface area contributed by atoms with Gasteiger partial charge in [0.2, 0.25) is 0 Å². The SMILES string of the molecule is CC[C@@H](C)c1ccccc1NC(=O)c1cc(C(=O)OC)cc([N+](=O)[O-])c1. The second-order valence-corrected chi connectivity index (χ2v) is 5.87. The van der Waals surface area contributed by atoms with Gasteiger partial charge in [-0.25, -0.2) is 4.79 Å². The summed E-state index contributed by atoms with van der Waals surface area (Å²) >= 11 is 0. The maximum absolute atomic E-state index is 12.6. The second-order valence-electron chi connectivity index (χ2n) is 5.87. The van der Waals surface area contributed by atoms with Crippen molar-refractivity contribution in [3.8, 4) is 0 Å². The van der Waals surface area contributed by atoms with Crippen LogP contribution in [0.2, 0.25) is 0 Å². The average Bonchev–Trinajstić information content (AvgIpc) is 2.66. The number of hydrogen-bond donors (Lipinski definition) is 1. The number of carbonyl (C=O) groups excluding carboxylic acids is 2. The van der Waals surface area contributed by atoms with Crippen LogP contribution in [0, 0.1) is 10.1 Å². The van der Waals surface area contributed by atoms with E-state index in [1.165, 1.54) is 13.2 Å². The predicted octanol–water partition coefficient (Wildman–Crippen LogP) is 4.15. The first kappa shape index (κ1) is 19.1. The highest BCUT2D eigenvalue weighted by molar-refractivity contribution is 6.06. The predicted molar refractivity (Wildman–Crippen MR) is 97.5 cm³/mol. The number of benzene rings is 2. The molecule has 0 radical (unpaired) electrons. The van der Waals surface area contributed by atoms with Crippen LogP contribution in [0.1, 0.15) is 52.5 Å². The number of nitrogens with zero attached hydrogens (tertiary/aromatic N) is 1. The highest BCUT2D eigenvalue weighted by Crippen LogP contribution is 2.27. The quantitative estimate of drug-likeness (QED) is 0.476. The van der Waals surface area contributed by atoms with Gasteiger partial charge in [-0.05, 0) is 30.0 Å². The molecule has 0 aliphatic heterocycles. The van der Waals surface area contributed by atoms with E-state index in [9.17, 15) is 19.7 Å². The largest absolute Gasteiger partial charge is 0.465 e. The molecule has 1 N–H and O–H groups in total. The Morgan fingerprint density at radius 1 is 1.19 bits per heavy atom. The summed E-state index contributed by atoms with van der Waals surface area (Å²) in [5.41, 5.74) is 1.22. The lowest BCUT2D eigenvalue weighted by Crippen LogP contribution is -2.15. The smallest absolute Gasteiger partial charge is 0.338 e. The first-order chi connectivity index (χ1) is 12.4. The van der Waals surface area contributed by atoms with E-state index in [4.69, 9.17) is 0 Å². The first-order valence-corrected chi connectivity index (χ1v) is 8.15. The minimum atomic E-state index is -0.747. The zero-order valence-corrected chi connectivity index (χ0v) is 14.8. The van der Waals surface area contributed by atoms with Crippen molar-refractivity contribution in [3.63, 3.8) is 0 Å². The van der Waals surface area contributed by atoms with Crippen LogP contribution in [-0.2, 0) is 4.74 Å². The molecule has 0 aromatic heterocycles. The van der Waals surface area contributed by atoms with Gasteiger partial charge in [0, 0.05) is 23.4 Å². The second kappa shape index (κ2) is 8.24. The molecule has 2 rings (SSSR count). The van der Waals surface area contributed by atoms with Gasteiger partial charge >= 0.3 is 5.97 Å². The minimum Gasteiger partial charge on any atom is -0.465 e. The number of non-ortho nitro benzene ring substituents is 1. The molecule has 0 fully saturated rings. The van der Waals surface area contributed by atoms with Crippen molar-refractivity contribution >= 4 is 23.3 Å². The van der Waals surface area contributed by atoms with E-state index in [2.05, 4.69) is 10.1 Å². The number of amides is 1. The summed E-state index contributed by atoms with van der Waals surface area (Å²) in [4.78, 5) is 34.8. The van der Waals surface area contributed by atoms with Crippen molar-refractivity contribution < 1.29 is 19.2 Å². The monoisotopic (exact) mass is 356 g/mol.